The van der Waals surface area contributed by atoms with Gasteiger partial charge in [-0.1, -0.05) is 23.2 Å². The molecule has 3 nitrogen and oxygen atoms in total. The highest BCUT2D eigenvalue weighted by molar-refractivity contribution is 6.50. The van der Waals surface area contributed by atoms with Crippen LogP contribution in [0.5, 0.6) is 0 Å². The molecule has 0 aromatic carbocycles. The van der Waals surface area contributed by atoms with Crippen molar-refractivity contribution < 1.29 is 0 Å². The number of hydrogen-bond acceptors (Lipinski definition) is 3. The summed E-state index contributed by atoms with van der Waals surface area (Å²) >= 11 is 17.1. The molecule has 0 radical (unpaired) electrons. The molecule has 2 heterocycles. The van der Waals surface area contributed by atoms with Crippen LogP contribution >= 0.6 is 34.8 Å². The second-order valence-corrected chi connectivity index (χ2v) is 3.22. The summed E-state index contributed by atoms with van der Waals surface area (Å²) in [6.07, 6.45) is 0. The zero-order valence-electron chi connectivity index (χ0n) is 5.98. The lowest BCUT2D eigenvalue weighted by atomic mass is 10.3. The van der Waals surface area contributed by atoms with Crippen molar-refractivity contribution in [3.8, 4) is 0 Å². The molecule has 13 heavy (non-hydrogen) atoms. The number of aromatic nitrogens is 2. The van der Waals surface area contributed by atoms with Crippen molar-refractivity contribution in [2.24, 2.45) is 4.99 Å². The summed E-state index contributed by atoms with van der Waals surface area (Å²) in [5.41, 5.74) is 3.30. The second-order valence-electron chi connectivity index (χ2n) is 2.14. The Morgan fingerprint density at radius 3 is 2.62 bits per heavy atom. The smallest absolute Gasteiger partial charge is 0.214 e. The van der Waals surface area contributed by atoms with E-state index in [2.05, 4.69) is 26.6 Å². The molecule has 0 saturated carbocycles. The summed E-state index contributed by atoms with van der Waals surface area (Å²) in [5, 5.41) is 0.458. The van der Waals surface area contributed by atoms with E-state index in [-0.39, 0.29) is 15.5 Å². The van der Waals surface area contributed by atoms with Gasteiger partial charge in [-0.2, -0.15) is 4.99 Å². The Kier molecular flexibility index (Phi) is 2.12. The van der Waals surface area contributed by atoms with E-state index in [4.69, 9.17) is 34.8 Å². The second kappa shape index (κ2) is 3.15. The zero-order valence-corrected chi connectivity index (χ0v) is 8.24. The molecule has 1 aromatic heterocycles. The van der Waals surface area contributed by atoms with Gasteiger partial charge < -0.3 is 0 Å². The van der Waals surface area contributed by atoms with E-state index < -0.39 is 0 Å². The van der Waals surface area contributed by atoms with Crippen molar-refractivity contribution in [2.75, 3.05) is 0 Å². The van der Waals surface area contributed by atoms with Crippen molar-refractivity contribution >= 4 is 51.4 Å². The van der Waals surface area contributed by atoms with Crippen LogP contribution in [0.4, 0.5) is 5.69 Å². The van der Waals surface area contributed by atoms with Crippen LogP contribution in [-0.2, 0) is 0 Å². The lowest BCUT2D eigenvalue weighted by Gasteiger charge is -2.04. The van der Waals surface area contributed by atoms with Crippen molar-refractivity contribution in [1.82, 2.24) is 9.97 Å². The average Bonchev–Trinajstić information content (AvgIpc) is 2.07. The van der Waals surface area contributed by atoms with Crippen LogP contribution in [0.3, 0.4) is 0 Å². The highest BCUT2D eigenvalue weighted by Gasteiger charge is 2.15. The summed E-state index contributed by atoms with van der Waals surface area (Å²) in [5.74, 6) is 2.45. The molecule has 64 valence electrons. The van der Waals surface area contributed by atoms with Crippen molar-refractivity contribution in [2.45, 2.75) is 0 Å². The Labute approximate surface area is 88.4 Å². The Morgan fingerprint density at radius 1 is 1.08 bits per heavy atom. The molecular formula is C7Cl3N3. The van der Waals surface area contributed by atoms with Crippen molar-refractivity contribution in [1.29, 1.82) is 0 Å². The summed E-state index contributed by atoms with van der Waals surface area (Å²) < 4.78 is 0. The molecule has 1 aromatic rings. The normalized spacial score (nSPS) is 12.7. The van der Waals surface area contributed by atoms with Gasteiger partial charge in [-0.05, 0) is 17.3 Å². The Balaban J connectivity index is 2.80. The van der Waals surface area contributed by atoms with E-state index in [1.165, 1.54) is 0 Å². The molecule has 0 N–H and O–H groups in total. The fraction of sp³-hybridized carbons (Fsp3) is 0. The topological polar surface area (TPSA) is 38.1 Å². The predicted octanol–water partition coefficient (Wildman–Crippen LogP) is 2.83. The molecule has 0 unspecified atom stereocenters. The van der Waals surface area contributed by atoms with Gasteiger partial charge in [0.25, 0.3) is 0 Å². The standard InChI is InChI=1S/C7Cl3N3/c8-3-1-2-11-5-4(3)12-7(10)13-6(5)9. The van der Waals surface area contributed by atoms with Crippen molar-refractivity contribution in [3.05, 3.63) is 21.9 Å². The first-order valence-electron chi connectivity index (χ1n) is 3.16. The van der Waals surface area contributed by atoms with Crippen LogP contribution in [0, 0.1) is 0 Å². The molecule has 2 rings (SSSR count). The molecule has 1 aliphatic heterocycles. The lowest BCUT2D eigenvalue weighted by molar-refractivity contribution is 1.14. The molecule has 0 aliphatic carbocycles. The first kappa shape index (κ1) is 8.76. The van der Waals surface area contributed by atoms with Crippen molar-refractivity contribution in [3.63, 3.8) is 0 Å². The van der Waals surface area contributed by atoms with Crippen LogP contribution in [0.2, 0.25) is 10.4 Å². The zero-order chi connectivity index (χ0) is 9.42. The fourth-order valence-electron chi connectivity index (χ4n) is 0.846. The summed E-state index contributed by atoms with van der Waals surface area (Å²) in [4.78, 5) is 11.4. The molecule has 0 spiro atoms. The summed E-state index contributed by atoms with van der Waals surface area (Å²) in [6, 6.07) is 0. The number of hydrogen-bond donors (Lipinski definition) is 0. The highest BCUT2D eigenvalue weighted by Crippen LogP contribution is 2.33. The Bertz CT molecular complexity index is 482. The molecule has 0 saturated heterocycles. The average molecular weight is 232 g/mol. The van der Waals surface area contributed by atoms with Gasteiger partial charge in [0.05, 0.1) is 0 Å². The molecule has 1 aliphatic rings. The van der Waals surface area contributed by atoms with Gasteiger partial charge in [0.15, 0.2) is 5.15 Å². The maximum Gasteiger partial charge on any atom is 0.224 e. The number of aliphatic imine (C=N–C) groups is 1. The van der Waals surface area contributed by atoms with E-state index in [9.17, 15) is 0 Å². The monoisotopic (exact) mass is 231 g/mol. The largest absolute Gasteiger partial charge is 0.224 e. The van der Waals surface area contributed by atoms with E-state index in [1.807, 2.05) is 0 Å². The lowest BCUT2D eigenvalue weighted by Crippen LogP contribution is -1.92. The van der Waals surface area contributed by atoms with Gasteiger partial charge in [-0.15, -0.1) is 0 Å². The third-order valence-electron chi connectivity index (χ3n) is 1.36. The first-order chi connectivity index (χ1) is 6.18. The Hall–Kier alpha value is -0.820. The Morgan fingerprint density at radius 2 is 1.85 bits per heavy atom. The van der Waals surface area contributed by atoms with Gasteiger partial charge in [0.1, 0.15) is 16.4 Å². The molecule has 6 heteroatoms. The number of halogens is 3. The number of nitrogens with zero attached hydrogens (tertiary/aromatic N) is 3. The maximum atomic E-state index is 5.77. The van der Waals surface area contributed by atoms with Gasteiger partial charge in [0, 0.05) is 5.87 Å². The quantitative estimate of drug-likeness (QED) is 0.392. The van der Waals surface area contributed by atoms with Gasteiger partial charge in [-0.3, -0.25) is 0 Å². The van der Waals surface area contributed by atoms with E-state index >= 15 is 0 Å². The predicted molar refractivity (Wildman–Crippen MR) is 51.9 cm³/mol. The molecule has 0 bridgehead atoms. The van der Waals surface area contributed by atoms with Crippen LogP contribution in [0.1, 0.15) is 5.69 Å². The number of rotatable bonds is 0. The van der Waals surface area contributed by atoms with Crippen LogP contribution in [-0.4, -0.2) is 15.8 Å². The van der Waals surface area contributed by atoms with E-state index in [0.717, 1.165) is 0 Å². The first-order valence-corrected chi connectivity index (χ1v) is 4.29. The minimum Gasteiger partial charge on any atom is -0.214 e. The van der Waals surface area contributed by atoms with Crippen LogP contribution < -0.4 is 0 Å². The third-order valence-corrected chi connectivity index (χ3v) is 2.06. The van der Waals surface area contributed by atoms with Crippen LogP contribution in [0.25, 0.3) is 5.03 Å². The highest BCUT2D eigenvalue weighted by atomic mass is 35.5. The minimum absolute atomic E-state index is 0.0285. The molecule has 0 atom stereocenters. The van der Waals surface area contributed by atoms with E-state index in [1.54, 1.807) is 0 Å². The number of fused-ring (bicyclic) bond motifs is 1. The minimum atomic E-state index is 0.0285. The summed E-state index contributed by atoms with van der Waals surface area (Å²) in [6.45, 7) is 0. The molecule has 0 amide bonds. The van der Waals surface area contributed by atoms with Gasteiger partial charge in [0.2, 0.25) is 5.28 Å². The maximum absolute atomic E-state index is 5.77. The van der Waals surface area contributed by atoms with Gasteiger partial charge in [-0.25, -0.2) is 9.97 Å². The van der Waals surface area contributed by atoms with Gasteiger partial charge >= 0.3 is 0 Å². The fourth-order valence-corrected chi connectivity index (χ4v) is 1.44. The van der Waals surface area contributed by atoms with Crippen LogP contribution in [0.15, 0.2) is 10.7 Å². The SMILES string of the molecule is ClC1=C=C=Nc2c(Cl)nc(Cl)nc21. The molecular weight excluding hydrogens is 232 g/mol. The molecule has 0 fully saturated rings. The third kappa shape index (κ3) is 1.49. The van der Waals surface area contributed by atoms with E-state index in [0.29, 0.717) is 11.4 Å². The summed E-state index contributed by atoms with van der Waals surface area (Å²) in [7, 11) is 0.